The topological polar surface area (TPSA) is 130 Å². The Balaban J connectivity index is 0.000000136. The summed E-state index contributed by atoms with van der Waals surface area (Å²) in [4.78, 5) is 30.9. The highest BCUT2D eigenvalue weighted by Crippen LogP contribution is 2.59. The van der Waals surface area contributed by atoms with E-state index in [-0.39, 0.29) is 10.8 Å². The van der Waals surface area contributed by atoms with Gasteiger partial charge in [0, 0.05) is 87.3 Å². The van der Waals surface area contributed by atoms with Crippen LogP contribution in [0.2, 0.25) is 0 Å². The first kappa shape index (κ1) is 71.6. The SMILES string of the molecule is c1ccc2c(c1)-c1cc(-c3ccc(-c4ccc(-c5nc(-c6ccc7oc8ccccc8c7c6)nc(-c6ccc7oc8ccccc8c7c6)n5)cc4)cc3)ccc1C21CCCCC1.c1ccc2c(c1)-c1cc(-c3ccc(-c4ccc(-c5nc(-c6cccc7oc8ccccc8c67)nc(-c6cccc7oc8ccccc8c67)n5)cc4)cc3)ccc1C21CCCCC1. The first-order valence-corrected chi connectivity index (χ1v) is 43.4. The van der Waals surface area contributed by atoms with Crippen LogP contribution in [0, 0.1) is 0 Å². The average Bonchev–Trinajstić information content (AvgIpc) is 1.57. The molecule has 26 rings (SSSR count). The predicted molar refractivity (Wildman–Crippen MR) is 502 cm³/mol. The molecule has 124 heavy (non-hydrogen) atoms. The van der Waals surface area contributed by atoms with Gasteiger partial charge in [-0.15, -0.1) is 0 Å². The van der Waals surface area contributed by atoms with Crippen LogP contribution in [0.1, 0.15) is 86.5 Å². The van der Waals surface area contributed by atoms with E-state index in [2.05, 4.69) is 231 Å². The van der Waals surface area contributed by atoms with Crippen molar-refractivity contribution >= 4 is 87.8 Å². The molecule has 10 nitrogen and oxygen atoms in total. The van der Waals surface area contributed by atoms with Crippen LogP contribution in [0.25, 0.3) is 223 Å². The lowest BCUT2D eigenvalue weighted by molar-refractivity contribution is 0.353. The fraction of sp³-hybridized carbons (Fsp3) is 0.105. The van der Waals surface area contributed by atoms with Crippen molar-refractivity contribution in [1.82, 2.24) is 29.9 Å². The quantitative estimate of drug-likeness (QED) is 0.130. The molecular weight excluding hydrogens is 1520 g/mol. The number of nitrogens with zero attached hydrogens (tertiary/aromatic N) is 6. The number of hydrogen-bond acceptors (Lipinski definition) is 10. The van der Waals surface area contributed by atoms with Gasteiger partial charge in [0.2, 0.25) is 0 Å². The van der Waals surface area contributed by atoms with Crippen LogP contribution in [0.15, 0.2) is 370 Å². The number of rotatable bonds is 10. The molecule has 16 aromatic carbocycles. The van der Waals surface area contributed by atoms with E-state index in [4.69, 9.17) is 47.6 Å². The standard InChI is InChI=1S/2C57H39N3O2/c1-8-32-57(33-9-1)46-17-5-2-12-40(46)45-34-39(30-31-47(45)57)37-24-22-35(23-25-37)36-26-28-38(29-27-36)54-58-55(43-15-10-20-50-52(43)41-13-3-6-18-48(41)61-50)60-56(59-54)44-16-11-21-51-53(44)42-14-4-7-19-49(42)62-51;1-8-30-57(31-9-1)48-13-5-2-10-42(48)45-32-39(24-27-49(45)57)37-18-16-35(17-19-37)36-20-22-38(23-21-36)54-58-55(40-25-28-52-46(33-40)43-11-3-6-14-50(43)61-52)60-56(59-54)41-26-29-53-47(34-41)44-12-4-7-15-51(44)62-53/h2-7,10-31,34H,1,8-9,32-33H2;2-7,10-29,32-34H,1,8-9,30-31H2. The van der Waals surface area contributed by atoms with Gasteiger partial charge in [-0.3, -0.25) is 0 Å². The molecule has 10 heteroatoms. The number of aromatic nitrogens is 6. The lowest BCUT2D eigenvalue weighted by Gasteiger charge is -2.36. The van der Waals surface area contributed by atoms with Crippen LogP contribution in [0.5, 0.6) is 0 Å². The van der Waals surface area contributed by atoms with Gasteiger partial charge >= 0.3 is 0 Å². The third-order valence-corrected chi connectivity index (χ3v) is 27.2. The Morgan fingerprint density at radius 2 is 0.435 bits per heavy atom. The summed E-state index contributed by atoms with van der Waals surface area (Å²) >= 11 is 0. The summed E-state index contributed by atoms with van der Waals surface area (Å²) < 4.78 is 24.9. The number of fused-ring (bicyclic) bond motifs is 22. The van der Waals surface area contributed by atoms with E-state index in [1.165, 1.54) is 131 Å². The van der Waals surface area contributed by atoms with Gasteiger partial charge in [-0.2, -0.15) is 0 Å². The zero-order valence-electron chi connectivity index (χ0n) is 67.9. The molecule has 6 aromatic heterocycles. The highest BCUT2D eigenvalue weighted by Gasteiger charge is 2.45. The van der Waals surface area contributed by atoms with Crippen molar-refractivity contribution < 1.29 is 17.7 Å². The van der Waals surface area contributed by atoms with Crippen molar-refractivity contribution in [3.8, 4) is 135 Å². The molecule has 22 aromatic rings. The van der Waals surface area contributed by atoms with Crippen molar-refractivity contribution in [3.63, 3.8) is 0 Å². The zero-order valence-corrected chi connectivity index (χ0v) is 67.9. The van der Waals surface area contributed by atoms with Gasteiger partial charge in [-0.1, -0.05) is 305 Å². The minimum absolute atomic E-state index is 0.175. The highest BCUT2D eigenvalue weighted by molar-refractivity contribution is 6.14. The molecule has 0 atom stereocenters. The second-order valence-electron chi connectivity index (χ2n) is 34.0. The van der Waals surface area contributed by atoms with Crippen molar-refractivity contribution in [3.05, 3.63) is 374 Å². The summed E-state index contributed by atoms with van der Waals surface area (Å²) in [6.45, 7) is 0. The second kappa shape index (κ2) is 28.7. The molecule has 588 valence electrons. The van der Waals surface area contributed by atoms with E-state index < -0.39 is 0 Å². The maximum Gasteiger partial charge on any atom is 0.164 e. The van der Waals surface area contributed by atoms with Crippen molar-refractivity contribution in [2.45, 2.75) is 75.0 Å². The van der Waals surface area contributed by atoms with Crippen molar-refractivity contribution in [1.29, 1.82) is 0 Å². The normalized spacial score (nSPS) is 14.3. The van der Waals surface area contributed by atoms with E-state index in [0.29, 0.717) is 34.9 Å². The monoisotopic (exact) mass is 1590 g/mol. The second-order valence-corrected chi connectivity index (χ2v) is 34.0. The Hall–Kier alpha value is -15.3. The van der Waals surface area contributed by atoms with E-state index in [1.807, 2.05) is 121 Å². The average molecular weight is 1600 g/mol. The highest BCUT2D eigenvalue weighted by atomic mass is 16.3. The maximum absolute atomic E-state index is 6.30. The molecule has 4 aliphatic carbocycles. The molecule has 0 aliphatic heterocycles. The zero-order chi connectivity index (χ0) is 81.6. The Morgan fingerprint density at radius 1 is 0.169 bits per heavy atom. The molecule has 0 unspecified atom stereocenters. The van der Waals surface area contributed by atoms with Gasteiger partial charge < -0.3 is 17.7 Å². The van der Waals surface area contributed by atoms with Crippen LogP contribution in [0.4, 0.5) is 0 Å². The van der Waals surface area contributed by atoms with E-state index in [9.17, 15) is 0 Å². The Kier molecular flexibility index (Phi) is 16.6. The number of hydrogen-bond donors (Lipinski definition) is 0. The fourth-order valence-electron chi connectivity index (χ4n) is 21.2. The Labute approximate surface area is 714 Å². The molecule has 0 saturated heterocycles. The van der Waals surface area contributed by atoms with Crippen LogP contribution >= 0.6 is 0 Å². The van der Waals surface area contributed by atoms with Gasteiger partial charge in [0.25, 0.3) is 0 Å². The van der Waals surface area contributed by atoms with Crippen LogP contribution < -0.4 is 0 Å². The lowest BCUT2D eigenvalue weighted by Crippen LogP contribution is -2.27. The van der Waals surface area contributed by atoms with E-state index in [0.717, 1.165) is 143 Å². The predicted octanol–water partition coefficient (Wildman–Crippen LogP) is 30.5. The number of benzene rings is 16. The Morgan fingerprint density at radius 3 is 0.839 bits per heavy atom. The third kappa shape index (κ3) is 11.7. The molecular formula is C114H78N6O4. The van der Waals surface area contributed by atoms with E-state index >= 15 is 0 Å². The fourth-order valence-corrected chi connectivity index (χ4v) is 21.2. The van der Waals surface area contributed by atoms with Crippen molar-refractivity contribution in [2.24, 2.45) is 0 Å². The van der Waals surface area contributed by atoms with Gasteiger partial charge in [0.05, 0.1) is 0 Å². The summed E-state index contributed by atoms with van der Waals surface area (Å²) in [6.07, 6.45) is 12.9. The first-order valence-electron chi connectivity index (χ1n) is 43.4. The molecule has 0 bridgehead atoms. The molecule has 0 N–H and O–H groups in total. The minimum atomic E-state index is 0.175. The summed E-state index contributed by atoms with van der Waals surface area (Å²) in [5, 5.41) is 8.18. The van der Waals surface area contributed by atoms with Gasteiger partial charge in [0.15, 0.2) is 34.9 Å². The smallest absolute Gasteiger partial charge is 0.164 e. The minimum Gasteiger partial charge on any atom is -0.456 e. The van der Waals surface area contributed by atoms with Crippen molar-refractivity contribution in [2.75, 3.05) is 0 Å². The number of para-hydroxylation sites is 4. The molecule has 0 amide bonds. The summed E-state index contributed by atoms with van der Waals surface area (Å²) in [5.74, 6) is 3.55. The first-order chi connectivity index (χ1) is 61.3. The molecule has 6 heterocycles. The molecule has 4 aliphatic rings. The molecule has 0 radical (unpaired) electrons. The molecule has 2 saturated carbocycles. The summed E-state index contributed by atoms with van der Waals surface area (Å²) in [7, 11) is 0. The Bertz CT molecular complexity index is 7790. The summed E-state index contributed by atoms with van der Waals surface area (Å²) in [6, 6.07) is 125. The largest absolute Gasteiger partial charge is 0.456 e. The molecule has 2 fully saturated rings. The van der Waals surface area contributed by atoms with Crippen LogP contribution in [-0.4, -0.2) is 29.9 Å². The van der Waals surface area contributed by atoms with Gasteiger partial charge in [-0.05, 0) is 200 Å². The third-order valence-electron chi connectivity index (χ3n) is 27.2. The van der Waals surface area contributed by atoms with E-state index in [1.54, 1.807) is 0 Å². The van der Waals surface area contributed by atoms with Crippen LogP contribution in [0.3, 0.4) is 0 Å². The lowest BCUT2D eigenvalue weighted by atomic mass is 9.68. The van der Waals surface area contributed by atoms with Gasteiger partial charge in [-0.25, -0.2) is 29.9 Å². The van der Waals surface area contributed by atoms with Crippen LogP contribution in [-0.2, 0) is 10.8 Å². The summed E-state index contributed by atoms with van der Waals surface area (Å²) in [5.41, 5.74) is 33.6. The molecule has 2 spiro atoms. The maximum atomic E-state index is 6.30. The number of furan rings is 4. The van der Waals surface area contributed by atoms with Gasteiger partial charge in [0.1, 0.15) is 44.7 Å².